The molecule has 1 aromatic heterocycles. The van der Waals surface area contributed by atoms with E-state index in [4.69, 9.17) is 11.1 Å². The van der Waals surface area contributed by atoms with Crippen LogP contribution in [0.2, 0.25) is 0 Å². The molecule has 0 aliphatic carbocycles. The maximum absolute atomic E-state index is 7.25. The number of nitrogens with zero attached hydrogens (tertiary/aromatic N) is 3. The molecule has 1 rings (SSSR count). The van der Waals surface area contributed by atoms with Gasteiger partial charge < -0.3 is 10.6 Å². The molecule has 0 unspecified atom stereocenters. The van der Waals surface area contributed by atoms with E-state index in [0.29, 0.717) is 12.5 Å². The molecule has 0 aliphatic rings. The van der Waals surface area contributed by atoms with E-state index in [0.717, 1.165) is 23.9 Å². The molecule has 0 saturated carbocycles. The van der Waals surface area contributed by atoms with E-state index in [-0.39, 0.29) is 5.84 Å². The number of aryl methyl sites for hydroxylation is 1. The van der Waals surface area contributed by atoms with Gasteiger partial charge in [0.05, 0.1) is 5.84 Å². The van der Waals surface area contributed by atoms with Crippen LogP contribution in [0.5, 0.6) is 0 Å². The Kier molecular flexibility index (Phi) is 4.67. The first-order valence-electron chi connectivity index (χ1n) is 5.46. The molecular weight excluding hydrogens is 222 g/mol. The van der Waals surface area contributed by atoms with Crippen LogP contribution in [0.25, 0.3) is 0 Å². The maximum atomic E-state index is 7.25. The minimum atomic E-state index is 0.214. The summed E-state index contributed by atoms with van der Waals surface area (Å²) in [7, 11) is 0. The number of hydrogen-bond acceptors (Lipinski definition) is 5. The number of anilines is 1. The molecule has 90 valence electrons. The standard InChI is InChI=1S/C10H19N5S/c1-4-9-13-10(16-14-9)15(7(2)3)6-5-8(11)12/h7H,4-6H2,1-3H3,(H3,11,12). The van der Waals surface area contributed by atoms with Crippen molar-refractivity contribution in [1.82, 2.24) is 9.36 Å². The van der Waals surface area contributed by atoms with Crippen molar-refractivity contribution in [2.24, 2.45) is 5.73 Å². The Bertz CT molecular complexity index is 347. The first kappa shape index (κ1) is 12.9. The van der Waals surface area contributed by atoms with Gasteiger partial charge in [-0.15, -0.1) is 0 Å². The van der Waals surface area contributed by atoms with E-state index >= 15 is 0 Å². The van der Waals surface area contributed by atoms with Crippen molar-refractivity contribution in [1.29, 1.82) is 5.41 Å². The predicted octanol–water partition coefficient (Wildman–Crippen LogP) is 1.64. The Morgan fingerprint density at radius 1 is 1.56 bits per heavy atom. The fraction of sp³-hybridized carbons (Fsp3) is 0.700. The smallest absolute Gasteiger partial charge is 0.205 e. The molecule has 1 heterocycles. The second kappa shape index (κ2) is 5.79. The molecule has 0 radical (unpaired) electrons. The third-order valence-corrected chi connectivity index (χ3v) is 3.06. The molecule has 0 spiro atoms. The Hall–Kier alpha value is -1.17. The highest BCUT2D eigenvalue weighted by Crippen LogP contribution is 2.20. The topological polar surface area (TPSA) is 78.9 Å². The average molecular weight is 241 g/mol. The zero-order valence-corrected chi connectivity index (χ0v) is 10.8. The van der Waals surface area contributed by atoms with Gasteiger partial charge in [-0.1, -0.05) is 6.92 Å². The number of rotatable bonds is 6. The molecule has 1 aromatic rings. The van der Waals surface area contributed by atoms with Gasteiger partial charge in [0.15, 0.2) is 0 Å². The molecule has 0 aromatic carbocycles. The minimum absolute atomic E-state index is 0.214. The lowest BCUT2D eigenvalue weighted by atomic mass is 10.3. The second-order valence-electron chi connectivity index (χ2n) is 3.91. The predicted molar refractivity (Wildman–Crippen MR) is 68.3 cm³/mol. The van der Waals surface area contributed by atoms with E-state index in [1.807, 2.05) is 6.92 Å². The van der Waals surface area contributed by atoms with Crippen molar-refractivity contribution in [2.45, 2.75) is 39.7 Å². The summed E-state index contributed by atoms with van der Waals surface area (Å²) in [5, 5.41) is 8.18. The summed E-state index contributed by atoms with van der Waals surface area (Å²) < 4.78 is 4.27. The van der Waals surface area contributed by atoms with Crippen LogP contribution < -0.4 is 10.6 Å². The van der Waals surface area contributed by atoms with Crippen molar-refractivity contribution in [3.63, 3.8) is 0 Å². The van der Waals surface area contributed by atoms with E-state index < -0.39 is 0 Å². The highest BCUT2D eigenvalue weighted by atomic mass is 32.1. The Balaban J connectivity index is 2.72. The third kappa shape index (κ3) is 3.44. The molecule has 0 aliphatic heterocycles. The molecule has 5 nitrogen and oxygen atoms in total. The molecular formula is C10H19N5S. The molecule has 16 heavy (non-hydrogen) atoms. The van der Waals surface area contributed by atoms with Crippen molar-refractivity contribution < 1.29 is 0 Å². The summed E-state index contributed by atoms with van der Waals surface area (Å²) in [6, 6.07) is 0.344. The number of hydrogen-bond donors (Lipinski definition) is 2. The summed E-state index contributed by atoms with van der Waals surface area (Å²) >= 11 is 1.42. The minimum Gasteiger partial charge on any atom is -0.388 e. The van der Waals surface area contributed by atoms with Crippen LogP contribution in [0.15, 0.2) is 0 Å². The monoisotopic (exact) mass is 241 g/mol. The van der Waals surface area contributed by atoms with Crippen LogP contribution in [0.4, 0.5) is 5.13 Å². The summed E-state index contributed by atoms with van der Waals surface area (Å²) in [6.45, 7) is 6.98. The van der Waals surface area contributed by atoms with Gasteiger partial charge in [-0.05, 0) is 13.8 Å². The SMILES string of the molecule is CCc1nsc(N(CCC(=N)N)C(C)C)n1. The molecule has 3 N–H and O–H groups in total. The highest BCUT2D eigenvalue weighted by Gasteiger charge is 2.15. The van der Waals surface area contributed by atoms with Crippen molar-refractivity contribution >= 4 is 22.5 Å². The first-order chi connectivity index (χ1) is 7.54. The number of nitrogens with one attached hydrogen (secondary N) is 1. The van der Waals surface area contributed by atoms with Crippen LogP contribution in [0.1, 0.15) is 33.0 Å². The zero-order valence-electron chi connectivity index (χ0n) is 10.0. The van der Waals surface area contributed by atoms with Crippen LogP contribution in [0, 0.1) is 5.41 Å². The Morgan fingerprint density at radius 3 is 2.69 bits per heavy atom. The molecule has 0 bridgehead atoms. The molecule has 6 heteroatoms. The first-order valence-corrected chi connectivity index (χ1v) is 6.24. The Morgan fingerprint density at radius 2 is 2.25 bits per heavy atom. The number of amidine groups is 1. The largest absolute Gasteiger partial charge is 0.388 e. The lowest BCUT2D eigenvalue weighted by Gasteiger charge is -2.25. The number of aromatic nitrogens is 2. The Labute approximate surface area is 100 Å². The maximum Gasteiger partial charge on any atom is 0.205 e. The van der Waals surface area contributed by atoms with E-state index in [1.54, 1.807) is 0 Å². The van der Waals surface area contributed by atoms with Crippen molar-refractivity contribution in [3.05, 3.63) is 5.82 Å². The van der Waals surface area contributed by atoms with Crippen LogP contribution >= 0.6 is 11.5 Å². The summed E-state index contributed by atoms with van der Waals surface area (Å²) in [4.78, 5) is 6.59. The highest BCUT2D eigenvalue weighted by molar-refractivity contribution is 7.09. The summed E-state index contributed by atoms with van der Waals surface area (Å²) in [6.07, 6.45) is 1.42. The number of nitrogens with two attached hydrogens (primary N) is 1. The lowest BCUT2D eigenvalue weighted by molar-refractivity contribution is 0.685. The van der Waals surface area contributed by atoms with Gasteiger partial charge in [0.1, 0.15) is 5.82 Å². The normalized spacial score (nSPS) is 10.8. The molecule has 0 saturated heterocycles. The molecule has 0 fully saturated rings. The van der Waals surface area contributed by atoms with E-state index in [1.165, 1.54) is 11.5 Å². The van der Waals surface area contributed by atoms with Gasteiger partial charge in [-0.25, -0.2) is 4.98 Å². The molecule has 0 amide bonds. The third-order valence-electron chi connectivity index (χ3n) is 2.26. The van der Waals surface area contributed by atoms with E-state index in [9.17, 15) is 0 Å². The van der Waals surface area contributed by atoms with Gasteiger partial charge in [0, 0.05) is 37.0 Å². The van der Waals surface area contributed by atoms with Gasteiger partial charge in [0.2, 0.25) is 5.13 Å². The fourth-order valence-corrected chi connectivity index (χ4v) is 2.23. The zero-order chi connectivity index (χ0) is 12.1. The van der Waals surface area contributed by atoms with E-state index in [2.05, 4.69) is 28.1 Å². The molecule has 0 atom stereocenters. The van der Waals surface area contributed by atoms with Gasteiger partial charge in [-0.3, -0.25) is 5.41 Å². The summed E-state index contributed by atoms with van der Waals surface area (Å²) in [5.74, 6) is 1.10. The fourth-order valence-electron chi connectivity index (χ4n) is 1.32. The summed E-state index contributed by atoms with van der Waals surface area (Å²) in [5.41, 5.74) is 5.37. The quantitative estimate of drug-likeness (QED) is 0.586. The van der Waals surface area contributed by atoms with Gasteiger partial charge in [-0.2, -0.15) is 4.37 Å². The van der Waals surface area contributed by atoms with Gasteiger partial charge in [0.25, 0.3) is 0 Å². The lowest BCUT2D eigenvalue weighted by Crippen LogP contribution is -2.33. The van der Waals surface area contributed by atoms with Crippen molar-refractivity contribution in [2.75, 3.05) is 11.4 Å². The van der Waals surface area contributed by atoms with Gasteiger partial charge >= 0.3 is 0 Å². The van der Waals surface area contributed by atoms with Crippen LogP contribution in [-0.4, -0.2) is 27.8 Å². The van der Waals surface area contributed by atoms with Crippen LogP contribution in [0.3, 0.4) is 0 Å². The van der Waals surface area contributed by atoms with Crippen LogP contribution in [-0.2, 0) is 6.42 Å². The van der Waals surface area contributed by atoms with Crippen molar-refractivity contribution in [3.8, 4) is 0 Å². The second-order valence-corrected chi connectivity index (χ2v) is 4.64. The average Bonchev–Trinajstić information content (AvgIpc) is 2.65.